The van der Waals surface area contributed by atoms with Crippen LogP contribution in [0.1, 0.15) is 18.4 Å². The van der Waals surface area contributed by atoms with Gasteiger partial charge in [0.2, 0.25) is 5.91 Å². The molecule has 0 bridgehead atoms. The predicted molar refractivity (Wildman–Crippen MR) is 130 cm³/mol. The number of piperazine rings is 1. The SMILES string of the molecule is Cc1ccc(Cl)cc1N1CCN(C(=O)C2CCCN(c3ccc(-c4ccco4)nn3)C2)CC1. The summed E-state index contributed by atoms with van der Waals surface area (Å²) >= 11 is 6.21. The Balaban J connectivity index is 1.19. The second-order valence-corrected chi connectivity index (χ2v) is 9.22. The van der Waals surface area contributed by atoms with E-state index in [1.54, 1.807) is 6.26 Å². The Morgan fingerprint density at radius 1 is 1.03 bits per heavy atom. The summed E-state index contributed by atoms with van der Waals surface area (Å²) in [6, 6.07) is 13.6. The summed E-state index contributed by atoms with van der Waals surface area (Å²) in [6.07, 6.45) is 3.52. The van der Waals surface area contributed by atoms with Gasteiger partial charge in [0, 0.05) is 50.0 Å². The maximum atomic E-state index is 13.3. The molecule has 0 aliphatic carbocycles. The summed E-state index contributed by atoms with van der Waals surface area (Å²) in [6.45, 7) is 6.79. The van der Waals surface area contributed by atoms with Crippen LogP contribution in [-0.2, 0) is 4.79 Å². The van der Waals surface area contributed by atoms with Gasteiger partial charge in [-0.1, -0.05) is 17.7 Å². The third kappa shape index (κ3) is 4.69. The van der Waals surface area contributed by atoms with Gasteiger partial charge in [-0.25, -0.2) is 0 Å². The van der Waals surface area contributed by atoms with Crippen LogP contribution in [0.2, 0.25) is 5.02 Å². The molecule has 2 aliphatic heterocycles. The molecule has 0 radical (unpaired) electrons. The van der Waals surface area contributed by atoms with Crippen LogP contribution in [0.5, 0.6) is 0 Å². The highest BCUT2D eigenvalue weighted by molar-refractivity contribution is 6.30. The Hall–Kier alpha value is -3.06. The second kappa shape index (κ2) is 9.43. The van der Waals surface area contributed by atoms with E-state index in [4.69, 9.17) is 16.0 Å². The number of nitrogens with zero attached hydrogens (tertiary/aromatic N) is 5. The van der Waals surface area contributed by atoms with Gasteiger partial charge in [-0.2, -0.15) is 0 Å². The molecule has 5 rings (SSSR count). The number of anilines is 2. The van der Waals surface area contributed by atoms with Crippen LogP contribution in [0, 0.1) is 12.8 Å². The summed E-state index contributed by atoms with van der Waals surface area (Å²) in [7, 11) is 0. The van der Waals surface area contributed by atoms with Crippen molar-refractivity contribution in [3.8, 4) is 11.5 Å². The lowest BCUT2D eigenvalue weighted by atomic mass is 9.96. The third-order valence-electron chi connectivity index (χ3n) is 6.62. The Bertz CT molecular complexity index is 1090. The molecule has 33 heavy (non-hydrogen) atoms. The van der Waals surface area contributed by atoms with Gasteiger partial charge in [-0.15, -0.1) is 10.2 Å². The highest BCUT2D eigenvalue weighted by atomic mass is 35.5. The first-order chi connectivity index (χ1) is 16.1. The standard InChI is InChI=1S/C25H28ClN5O2/c1-18-6-7-20(26)16-22(18)29-11-13-30(14-12-29)25(32)19-4-2-10-31(17-19)24-9-8-21(27-28-24)23-5-3-15-33-23/h3,5-9,15-16,19H,2,4,10-14,17H2,1H3. The minimum absolute atomic E-state index is 0.00949. The highest BCUT2D eigenvalue weighted by Gasteiger charge is 2.32. The van der Waals surface area contributed by atoms with Crippen molar-refractivity contribution in [2.45, 2.75) is 19.8 Å². The van der Waals surface area contributed by atoms with E-state index in [0.29, 0.717) is 18.0 Å². The molecular weight excluding hydrogens is 438 g/mol. The van der Waals surface area contributed by atoms with Crippen molar-refractivity contribution in [2.75, 3.05) is 49.1 Å². The molecule has 1 amide bonds. The third-order valence-corrected chi connectivity index (χ3v) is 6.86. The van der Waals surface area contributed by atoms with Crippen molar-refractivity contribution in [3.05, 3.63) is 59.3 Å². The Labute approximate surface area is 198 Å². The van der Waals surface area contributed by atoms with E-state index in [1.165, 1.54) is 5.56 Å². The van der Waals surface area contributed by atoms with Crippen LogP contribution in [0.15, 0.2) is 53.1 Å². The number of aryl methyl sites for hydroxylation is 1. The Kier molecular flexibility index (Phi) is 6.22. The Morgan fingerprint density at radius 3 is 2.61 bits per heavy atom. The van der Waals surface area contributed by atoms with E-state index < -0.39 is 0 Å². The number of hydrogen-bond acceptors (Lipinski definition) is 6. The van der Waals surface area contributed by atoms with Crippen molar-refractivity contribution in [3.63, 3.8) is 0 Å². The van der Waals surface area contributed by atoms with Crippen molar-refractivity contribution in [1.82, 2.24) is 15.1 Å². The highest BCUT2D eigenvalue weighted by Crippen LogP contribution is 2.27. The summed E-state index contributed by atoms with van der Waals surface area (Å²) in [5, 5.41) is 9.45. The number of amides is 1. The van der Waals surface area contributed by atoms with Gasteiger partial charge in [-0.05, 0) is 61.7 Å². The molecule has 3 aromatic rings. The first-order valence-corrected chi connectivity index (χ1v) is 11.9. The molecule has 2 aliphatic rings. The molecule has 7 nitrogen and oxygen atoms in total. The molecule has 0 N–H and O–H groups in total. The number of aromatic nitrogens is 2. The summed E-state index contributed by atoms with van der Waals surface area (Å²) in [4.78, 5) is 19.8. The van der Waals surface area contributed by atoms with Gasteiger partial charge in [0.1, 0.15) is 5.69 Å². The zero-order valence-electron chi connectivity index (χ0n) is 18.8. The van der Waals surface area contributed by atoms with Gasteiger partial charge in [0.15, 0.2) is 11.6 Å². The lowest BCUT2D eigenvalue weighted by molar-refractivity contribution is -0.136. The van der Waals surface area contributed by atoms with E-state index >= 15 is 0 Å². The second-order valence-electron chi connectivity index (χ2n) is 8.78. The largest absolute Gasteiger partial charge is 0.463 e. The van der Waals surface area contributed by atoms with Crippen LogP contribution in [0.3, 0.4) is 0 Å². The van der Waals surface area contributed by atoms with Crippen LogP contribution in [-0.4, -0.2) is 60.3 Å². The average molecular weight is 466 g/mol. The fraction of sp³-hybridized carbons (Fsp3) is 0.400. The normalized spacial score (nSPS) is 19.1. The molecule has 0 saturated carbocycles. The number of furan rings is 1. The summed E-state index contributed by atoms with van der Waals surface area (Å²) < 4.78 is 5.39. The molecule has 0 spiro atoms. The molecule has 2 fully saturated rings. The number of carbonyl (C=O) groups excluding carboxylic acids is 1. The maximum absolute atomic E-state index is 13.3. The number of rotatable bonds is 4. The molecule has 172 valence electrons. The van der Waals surface area contributed by atoms with Gasteiger partial charge in [0.25, 0.3) is 0 Å². The number of halogens is 1. The molecule has 8 heteroatoms. The lowest BCUT2D eigenvalue weighted by Gasteiger charge is -2.40. The van der Waals surface area contributed by atoms with Crippen LogP contribution < -0.4 is 9.80 Å². The smallest absolute Gasteiger partial charge is 0.227 e. The van der Waals surface area contributed by atoms with Crippen LogP contribution in [0.4, 0.5) is 11.5 Å². The van der Waals surface area contributed by atoms with Crippen LogP contribution >= 0.6 is 11.6 Å². The number of hydrogen-bond donors (Lipinski definition) is 0. The molecule has 4 heterocycles. The number of piperidine rings is 1. The van der Waals surface area contributed by atoms with Gasteiger partial charge < -0.3 is 19.1 Å². The molecule has 2 saturated heterocycles. The maximum Gasteiger partial charge on any atom is 0.227 e. The molecule has 1 atom stereocenters. The minimum atomic E-state index is -0.00949. The first kappa shape index (κ1) is 21.8. The zero-order chi connectivity index (χ0) is 22.8. The fourth-order valence-electron chi connectivity index (χ4n) is 4.79. The minimum Gasteiger partial charge on any atom is -0.463 e. The fourth-order valence-corrected chi connectivity index (χ4v) is 4.95. The van der Waals surface area contributed by atoms with E-state index in [1.807, 2.05) is 41.3 Å². The first-order valence-electron chi connectivity index (χ1n) is 11.5. The van der Waals surface area contributed by atoms with Crippen LogP contribution in [0.25, 0.3) is 11.5 Å². The molecule has 1 aromatic carbocycles. The quantitative estimate of drug-likeness (QED) is 0.573. The van der Waals surface area contributed by atoms with E-state index in [0.717, 1.165) is 62.1 Å². The van der Waals surface area contributed by atoms with Crippen molar-refractivity contribution < 1.29 is 9.21 Å². The monoisotopic (exact) mass is 465 g/mol. The van der Waals surface area contributed by atoms with E-state index in [2.05, 4.69) is 33.0 Å². The number of carbonyl (C=O) groups is 1. The summed E-state index contributed by atoms with van der Waals surface area (Å²) in [5.74, 6) is 1.75. The van der Waals surface area contributed by atoms with E-state index in [-0.39, 0.29) is 11.8 Å². The van der Waals surface area contributed by atoms with Crippen molar-refractivity contribution in [2.24, 2.45) is 5.92 Å². The average Bonchev–Trinajstić information content (AvgIpc) is 3.41. The Morgan fingerprint density at radius 2 is 1.88 bits per heavy atom. The molecule has 2 aromatic heterocycles. The van der Waals surface area contributed by atoms with Gasteiger partial charge in [-0.3, -0.25) is 4.79 Å². The topological polar surface area (TPSA) is 65.7 Å². The zero-order valence-corrected chi connectivity index (χ0v) is 19.5. The van der Waals surface area contributed by atoms with Gasteiger partial charge in [0.05, 0.1) is 12.2 Å². The van der Waals surface area contributed by atoms with Gasteiger partial charge >= 0.3 is 0 Å². The summed E-state index contributed by atoms with van der Waals surface area (Å²) in [5.41, 5.74) is 3.08. The number of benzene rings is 1. The lowest BCUT2D eigenvalue weighted by Crippen LogP contribution is -2.52. The molecule has 1 unspecified atom stereocenters. The predicted octanol–water partition coefficient (Wildman–Crippen LogP) is 4.26. The van der Waals surface area contributed by atoms with E-state index in [9.17, 15) is 4.79 Å². The van der Waals surface area contributed by atoms with Crippen molar-refractivity contribution in [1.29, 1.82) is 0 Å². The van der Waals surface area contributed by atoms with Crippen molar-refractivity contribution >= 4 is 29.0 Å². The molecular formula is C25H28ClN5O2.